The fourth-order valence-corrected chi connectivity index (χ4v) is 5.76. The Morgan fingerprint density at radius 3 is 2.62 bits per heavy atom. The first-order valence-electron chi connectivity index (χ1n) is 10.2. The van der Waals surface area contributed by atoms with Crippen LogP contribution in [0.3, 0.4) is 0 Å². The molecule has 2 aliphatic rings. The normalized spacial score (nSPS) is 17.9. The fraction of sp³-hybridized carbons (Fsp3) is 0.391. The zero-order valence-corrected chi connectivity index (χ0v) is 18.2. The minimum atomic E-state index is 0.0590. The Morgan fingerprint density at radius 1 is 1.10 bits per heavy atom. The van der Waals surface area contributed by atoms with E-state index in [1.807, 2.05) is 30.0 Å². The van der Waals surface area contributed by atoms with Crippen molar-refractivity contribution in [2.75, 3.05) is 25.4 Å². The molecule has 0 radical (unpaired) electrons. The highest BCUT2D eigenvalue weighted by Crippen LogP contribution is 2.26. The first-order valence-corrected chi connectivity index (χ1v) is 12.2. The van der Waals surface area contributed by atoms with E-state index in [2.05, 4.69) is 51.6 Å². The van der Waals surface area contributed by atoms with Crippen molar-refractivity contribution in [2.24, 2.45) is 4.99 Å². The van der Waals surface area contributed by atoms with Crippen LogP contribution in [-0.2, 0) is 12.3 Å². The fourth-order valence-electron chi connectivity index (χ4n) is 3.75. The SMILES string of the molecule is O=C(NC1CCN(Cc2ccccc2)CC1)c1ccccc1CSC1=NCCS1. The van der Waals surface area contributed by atoms with Crippen molar-refractivity contribution in [1.29, 1.82) is 0 Å². The molecule has 0 unspecified atom stereocenters. The van der Waals surface area contributed by atoms with Gasteiger partial charge in [-0.15, -0.1) is 0 Å². The quantitative estimate of drug-likeness (QED) is 0.744. The molecule has 1 amide bonds. The highest BCUT2D eigenvalue weighted by molar-refractivity contribution is 8.38. The van der Waals surface area contributed by atoms with Crippen molar-refractivity contribution in [3.63, 3.8) is 0 Å². The van der Waals surface area contributed by atoms with Gasteiger partial charge < -0.3 is 5.32 Å². The number of rotatable bonds is 6. The largest absolute Gasteiger partial charge is 0.349 e. The number of carbonyl (C=O) groups is 1. The summed E-state index contributed by atoms with van der Waals surface area (Å²) in [6, 6.07) is 18.8. The van der Waals surface area contributed by atoms with Gasteiger partial charge >= 0.3 is 0 Å². The number of hydrogen-bond acceptors (Lipinski definition) is 5. The summed E-state index contributed by atoms with van der Waals surface area (Å²) in [7, 11) is 0. The van der Waals surface area contributed by atoms with Gasteiger partial charge in [-0.2, -0.15) is 0 Å². The molecule has 152 valence electrons. The first kappa shape index (κ1) is 20.5. The Hall–Kier alpha value is -1.76. The number of carbonyl (C=O) groups excluding carboxylic acids is 1. The van der Waals surface area contributed by atoms with Crippen LogP contribution in [0, 0.1) is 0 Å². The van der Waals surface area contributed by atoms with Crippen LogP contribution in [0.15, 0.2) is 59.6 Å². The second-order valence-corrected chi connectivity index (χ2v) is 9.76. The molecule has 1 N–H and O–H groups in total. The van der Waals surface area contributed by atoms with Crippen LogP contribution in [0.1, 0.15) is 34.3 Å². The minimum absolute atomic E-state index is 0.0590. The van der Waals surface area contributed by atoms with E-state index >= 15 is 0 Å². The first-order chi connectivity index (χ1) is 14.3. The molecule has 0 spiro atoms. The Bertz CT molecular complexity index is 848. The Balaban J connectivity index is 1.28. The van der Waals surface area contributed by atoms with E-state index in [0.29, 0.717) is 0 Å². The molecule has 29 heavy (non-hydrogen) atoms. The highest BCUT2D eigenvalue weighted by atomic mass is 32.2. The van der Waals surface area contributed by atoms with Crippen molar-refractivity contribution in [1.82, 2.24) is 10.2 Å². The maximum Gasteiger partial charge on any atom is 0.251 e. The number of likely N-dealkylation sites (tertiary alicyclic amines) is 1. The third-order valence-electron chi connectivity index (χ3n) is 5.34. The van der Waals surface area contributed by atoms with Crippen LogP contribution < -0.4 is 5.32 Å². The third kappa shape index (κ3) is 5.87. The lowest BCUT2D eigenvalue weighted by Crippen LogP contribution is -2.44. The number of aliphatic imine (C=N–C) groups is 1. The van der Waals surface area contributed by atoms with E-state index in [0.717, 1.165) is 66.0 Å². The van der Waals surface area contributed by atoms with Gasteiger partial charge in [0.15, 0.2) is 0 Å². The number of thioether (sulfide) groups is 2. The van der Waals surface area contributed by atoms with Gasteiger partial charge in [-0.25, -0.2) is 0 Å². The molecule has 1 fully saturated rings. The number of nitrogens with one attached hydrogen (secondary N) is 1. The molecule has 2 aromatic rings. The Morgan fingerprint density at radius 2 is 1.86 bits per heavy atom. The molecule has 4 rings (SSSR count). The maximum absolute atomic E-state index is 12.9. The molecule has 2 heterocycles. The summed E-state index contributed by atoms with van der Waals surface area (Å²) in [4.78, 5) is 19.9. The zero-order valence-electron chi connectivity index (χ0n) is 16.5. The minimum Gasteiger partial charge on any atom is -0.349 e. The van der Waals surface area contributed by atoms with Crippen LogP contribution in [0.4, 0.5) is 0 Å². The lowest BCUT2D eigenvalue weighted by molar-refractivity contribution is 0.0908. The van der Waals surface area contributed by atoms with Gasteiger partial charge in [0, 0.05) is 42.7 Å². The lowest BCUT2D eigenvalue weighted by atomic mass is 10.0. The van der Waals surface area contributed by atoms with Gasteiger partial charge in [0.1, 0.15) is 4.38 Å². The van der Waals surface area contributed by atoms with Crippen LogP contribution in [0.2, 0.25) is 0 Å². The number of benzene rings is 2. The topological polar surface area (TPSA) is 44.7 Å². The van der Waals surface area contributed by atoms with E-state index < -0.39 is 0 Å². The molecular weight excluding hydrogens is 398 g/mol. The lowest BCUT2D eigenvalue weighted by Gasteiger charge is -2.32. The van der Waals surface area contributed by atoms with Crippen LogP contribution in [0.5, 0.6) is 0 Å². The van der Waals surface area contributed by atoms with Gasteiger partial charge in [-0.1, -0.05) is 72.1 Å². The summed E-state index contributed by atoms with van der Waals surface area (Å²) in [6.07, 6.45) is 2.01. The summed E-state index contributed by atoms with van der Waals surface area (Å²) in [5.74, 6) is 1.93. The second-order valence-electron chi connectivity index (χ2n) is 7.45. The standard InChI is InChI=1S/C23H27N3OS2/c27-22(21-9-5-4-8-19(21)17-29-23-24-12-15-28-23)25-20-10-13-26(14-11-20)16-18-6-2-1-3-7-18/h1-9,20H,10-17H2,(H,25,27). The Labute approximate surface area is 181 Å². The molecule has 0 atom stereocenters. The molecule has 4 nitrogen and oxygen atoms in total. The summed E-state index contributed by atoms with van der Waals surface area (Å²) in [6.45, 7) is 3.95. The molecule has 2 aliphatic heterocycles. The Kier molecular flexibility index (Phi) is 7.30. The monoisotopic (exact) mass is 425 g/mol. The van der Waals surface area contributed by atoms with Crippen molar-refractivity contribution in [2.45, 2.75) is 31.2 Å². The molecule has 0 aliphatic carbocycles. The third-order valence-corrected chi connectivity index (χ3v) is 7.64. The van der Waals surface area contributed by atoms with E-state index in [1.54, 1.807) is 11.8 Å². The van der Waals surface area contributed by atoms with Gasteiger partial charge in [0.2, 0.25) is 0 Å². The second kappa shape index (κ2) is 10.3. The molecule has 1 saturated heterocycles. The predicted octanol–water partition coefficient (Wildman–Crippen LogP) is 4.42. The number of hydrogen-bond donors (Lipinski definition) is 1. The van der Waals surface area contributed by atoms with E-state index in [9.17, 15) is 4.79 Å². The van der Waals surface area contributed by atoms with E-state index in [4.69, 9.17) is 0 Å². The molecule has 0 aromatic heterocycles. The molecule has 0 bridgehead atoms. The van der Waals surface area contributed by atoms with Crippen LogP contribution in [-0.4, -0.2) is 46.6 Å². The highest BCUT2D eigenvalue weighted by Gasteiger charge is 2.22. The van der Waals surface area contributed by atoms with Crippen LogP contribution in [0.25, 0.3) is 0 Å². The van der Waals surface area contributed by atoms with Crippen molar-refractivity contribution in [3.8, 4) is 0 Å². The van der Waals surface area contributed by atoms with Crippen LogP contribution >= 0.6 is 23.5 Å². The molecular formula is C23H27N3OS2. The van der Waals surface area contributed by atoms with E-state index in [1.165, 1.54) is 5.56 Å². The van der Waals surface area contributed by atoms with Gasteiger partial charge in [-0.05, 0) is 30.0 Å². The molecule has 2 aromatic carbocycles. The van der Waals surface area contributed by atoms with Gasteiger partial charge in [-0.3, -0.25) is 14.7 Å². The summed E-state index contributed by atoms with van der Waals surface area (Å²) in [5.41, 5.74) is 3.24. The van der Waals surface area contributed by atoms with Gasteiger partial charge in [0.05, 0.1) is 6.54 Å². The average molecular weight is 426 g/mol. The van der Waals surface area contributed by atoms with Crippen molar-refractivity contribution < 1.29 is 4.79 Å². The number of piperidine rings is 1. The summed E-state index contributed by atoms with van der Waals surface area (Å²) in [5, 5.41) is 3.28. The maximum atomic E-state index is 12.9. The predicted molar refractivity (Wildman–Crippen MR) is 125 cm³/mol. The molecule has 6 heteroatoms. The van der Waals surface area contributed by atoms with Gasteiger partial charge in [0.25, 0.3) is 5.91 Å². The van der Waals surface area contributed by atoms with Crippen molar-refractivity contribution >= 4 is 33.8 Å². The zero-order chi connectivity index (χ0) is 19.9. The van der Waals surface area contributed by atoms with Crippen molar-refractivity contribution in [3.05, 3.63) is 71.3 Å². The molecule has 0 saturated carbocycles. The summed E-state index contributed by atoms with van der Waals surface area (Å²) >= 11 is 3.55. The number of nitrogens with zero attached hydrogens (tertiary/aromatic N) is 2. The smallest absolute Gasteiger partial charge is 0.251 e. The average Bonchev–Trinajstić information content (AvgIpc) is 3.28. The van der Waals surface area contributed by atoms with E-state index in [-0.39, 0.29) is 11.9 Å². The summed E-state index contributed by atoms with van der Waals surface area (Å²) < 4.78 is 1.14. The number of amides is 1.